The molecular weight excluding hydrogens is 296 g/mol. The van der Waals surface area contributed by atoms with E-state index in [9.17, 15) is 4.79 Å². The van der Waals surface area contributed by atoms with Crippen molar-refractivity contribution >= 4 is 44.5 Å². The van der Waals surface area contributed by atoms with Gasteiger partial charge in [-0.3, -0.25) is 4.79 Å². The average molecular weight is 303 g/mol. The molecular formula is C9H7BrN2OS2. The number of aromatic nitrogens is 1. The summed E-state index contributed by atoms with van der Waals surface area (Å²) in [4.78, 5) is 16.6. The number of carbonyl (C=O) groups is 1. The van der Waals surface area contributed by atoms with Crippen molar-refractivity contribution in [2.24, 2.45) is 0 Å². The Hall–Kier alpha value is -0.720. The van der Waals surface area contributed by atoms with E-state index in [0.717, 1.165) is 14.4 Å². The molecule has 0 aliphatic heterocycles. The highest BCUT2D eigenvalue weighted by Gasteiger charge is 2.11. The van der Waals surface area contributed by atoms with E-state index in [-0.39, 0.29) is 5.91 Å². The second kappa shape index (κ2) is 4.42. The Labute approximate surface area is 103 Å². The summed E-state index contributed by atoms with van der Waals surface area (Å²) in [6.07, 6.45) is 0. The minimum Gasteiger partial charge on any atom is -0.354 e. The highest BCUT2D eigenvalue weighted by molar-refractivity contribution is 9.10. The van der Waals surface area contributed by atoms with Crippen LogP contribution in [0.15, 0.2) is 21.3 Å². The molecule has 2 rings (SSSR count). The second-order valence-electron chi connectivity index (χ2n) is 2.75. The molecule has 6 heteroatoms. The zero-order valence-corrected chi connectivity index (χ0v) is 11.0. The van der Waals surface area contributed by atoms with Crippen LogP contribution in [0, 0.1) is 0 Å². The number of halogens is 1. The minimum atomic E-state index is -0.145. The first-order valence-electron chi connectivity index (χ1n) is 4.12. The summed E-state index contributed by atoms with van der Waals surface area (Å²) in [5.74, 6) is -0.145. The van der Waals surface area contributed by atoms with Gasteiger partial charge in [0, 0.05) is 22.3 Å². The van der Waals surface area contributed by atoms with Crippen molar-refractivity contribution < 1.29 is 4.79 Å². The monoisotopic (exact) mass is 302 g/mol. The Balaban J connectivity index is 2.31. The molecule has 1 N–H and O–H groups in total. The van der Waals surface area contributed by atoms with Crippen molar-refractivity contribution in [1.29, 1.82) is 0 Å². The summed E-state index contributed by atoms with van der Waals surface area (Å²) in [7, 11) is 1.60. The minimum absolute atomic E-state index is 0.145. The molecule has 2 aromatic rings. The van der Waals surface area contributed by atoms with Crippen LogP contribution in [0.25, 0.3) is 9.88 Å². The molecule has 0 aliphatic rings. The van der Waals surface area contributed by atoms with E-state index in [0.29, 0.717) is 5.69 Å². The lowest BCUT2D eigenvalue weighted by molar-refractivity contribution is 0.0959. The number of amides is 1. The Bertz CT molecular complexity index is 492. The lowest BCUT2D eigenvalue weighted by atomic mass is 10.4. The van der Waals surface area contributed by atoms with Crippen LogP contribution in [0.3, 0.4) is 0 Å². The zero-order chi connectivity index (χ0) is 10.8. The highest BCUT2D eigenvalue weighted by Crippen LogP contribution is 2.31. The summed E-state index contributed by atoms with van der Waals surface area (Å²) in [6.45, 7) is 0. The number of hydrogen-bond donors (Lipinski definition) is 1. The first-order valence-corrected chi connectivity index (χ1v) is 6.68. The van der Waals surface area contributed by atoms with Crippen LogP contribution in [0.5, 0.6) is 0 Å². The van der Waals surface area contributed by atoms with Gasteiger partial charge in [0.05, 0.1) is 4.88 Å². The predicted octanol–water partition coefficient (Wildman–Crippen LogP) is 2.99. The molecule has 15 heavy (non-hydrogen) atoms. The number of rotatable bonds is 2. The summed E-state index contributed by atoms with van der Waals surface area (Å²) in [5.41, 5.74) is 0.474. The first kappa shape index (κ1) is 10.8. The van der Waals surface area contributed by atoms with Crippen molar-refractivity contribution in [1.82, 2.24) is 10.3 Å². The van der Waals surface area contributed by atoms with Crippen LogP contribution in [0.1, 0.15) is 10.5 Å². The Morgan fingerprint density at radius 3 is 2.87 bits per heavy atom. The molecule has 0 saturated carbocycles. The van der Waals surface area contributed by atoms with Gasteiger partial charge in [-0.1, -0.05) is 0 Å². The molecule has 0 spiro atoms. The van der Waals surface area contributed by atoms with Crippen LogP contribution in [0.4, 0.5) is 0 Å². The van der Waals surface area contributed by atoms with E-state index < -0.39 is 0 Å². The van der Waals surface area contributed by atoms with Gasteiger partial charge in [0.1, 0.15) is 10.7 Å². The molecule has 2 heterocycles. The van der Waals surface area contributed by atoms with Gasteiger partial charge in [-0.15, -0.1) is 22.7 Å². The van der Waals surface area contributed by atoms with Gasteiger partial charge in [0.25, 0.3) is 5.91 Å². The third kappa shape index (κ3) is 2.27. The Morgan fingerprint density at radius 1 is 1.47 bits per heavy atom. The number of nitrogens with zero attached hydrogens (tertiary/aromatic N) is 1. The molecule has 3 nitrogen and oxygen atoms in total. The maximum atomic E-state index is 11.3. The van der Waals surface area contributed by atoms with Crippen LogP contribution >= 0.6 is 38.6 Å². The summed E-state index contributed by atoms with van der Waals surface area (Å²) in [6, 6.07) is 2.00. The summed E-state index contributed by atoms with van der Waals surface area (Å²) < 4.78 is 1.04. The van der Waals surface area contributed by atoms with E-state index in [1.807, 2.05) is 11.4 Å². The van der Waals surface area contributed by atoms with E-state index in [4.69, 9.17) is 0 Å². The maximum absolute atomic E-state index is 11.3. The smallest absolute Gasteiger partial charge is 0.270 e. The third-order valence-electron chi connectivity index (χ3n) is 1.74. The van der Waals surface area contributed by atoms with Crippen LogP contribution in [-0.4, -0.2) is 17.9 Å². The van der Waals surface area contributed by atoms with E-state index in [1.54, 1.807) is 23.8 Å². The van der Waals surface area contributed by atoms with E-state index in [1.165, 1.54) is 11.3 Å². The molecule has 0 fully saturated rings. The average Bonchev–Trinajstić information content (AvgIpc) is 2.84. The topological polar surface area (TPSA) is 42.0 Å². The quantitative estimate of drug-likeness (QED) is 0.926. The fourth-order valence-corrected chi connectivity index (χ4v) is 3.35. The number of thiophene rings is 1. The van der Waals surface area contributed by atoms with Crippen molar-refractivity contribution in [3.8, 4) is 9.88 Å². The van der Waals surface area contributed by atoms with Gasteiger partial charge >= 0.3 is 0 Å². The molecule has 0 aliphatic carbocycles. The molecule has 0 saturated heterocycles. The second-order valence-corrected chi connectivity index (χ2v) is 5.43. The van der Waals surface area contributed by atoms with Gasteiger partial charge in [-0.05, 0) is 22.0 Å². The molecule has 78 valence electrons. The van der Waals surface area contributed by atoms with Crippen molar-refractivity contribution in [3.63, 3.8) is 0 Å². The first-order chi connectivity index (χ1) is 7.20. The van der Waals surface area contributed by atoms with Gasteiger partial charge in [0.15, 0.2) is 0 Å². The largest absolute Gasteiger partial charge is 0.354 e. The van der Waals surface area contributed by atoms with Crippen LogP contribution in [-0.2, 0) is 0 Å². The highest BCUT2D eigenvalue weighted by atomic mass is 79.9. The molecule has 0 radical (unpaired) electrons. The molecule has 0 unspecified atom stereocenters. The fraction of sp³-hybridized carbons (Fsp3) is 0.111. The fourth-order valence-electron chi connectivity index (χ4n) is 1.04. The SMILES string of the molecule is CNC(=O)c1csc(-c2cc(Br)cs2)n1. The normalized spacial score (nSPS) is 10.3. The maximum Gasteiger partial charge on any atom is 0.270 e. The van der Waals surface area contributed by atoms with Crippen LogP contribution < -0.4 is 5.32 Å². The lowest BCUT2D eigenvalue weighted by Gasteiger charge is -1.91. The van der Waals surface area contributed by atoms with Gasteiger partial charge < -0.3 is 5.32 Å². The molecule has 0 aromatic carbocycles. The van der Waals surface area contributed by atoms with Crippen molar-refractivity contribution in [3.05, 3.63) is 27.0 Å². The standard InChI is InChI=1S/C9H7BrN2OS2/c1-11-8(13)6-4-15-9(12-6)7-2-5(10)3-14-7/h2-4H,1H3,(H,11,13). The number of thiazole rings is 1. The van der Waals surface area contributed by atoms with E-state index in [2.05, 4.69) is 26.2 Å². The van der Waals surface area contributed by atoms with E-state index >= 15 is 0 Å². The third-order valence-corrected chi connectivity index (χ3v) is 4.44. The molecule has 0 atom stereocenters. The zero-order valence-electron chi connectivity index (χ0n) is 7.78. The number of hydrogen-bond acceptors (Lipinski definition) is 4. The van der Waals surface area contributed by atoms with Gasteiger partial charge in [0.2, 0.25) is 0 Å². The van der Waals surface area contributed by atoms with Crippen LogP contribution in [0.2, 0.25) is 0 Å². The molecule has 1 amide bonds. The number of carbonyl (C=O) groups excluding carboxylic acids is 1. The predicted molar refractivity (Wildman–Crippen MR) is 66.5 cm³/mol. The summed E-state index contributed by atoms with van der Waals surface area (Å²) in [5, 5.41) is 7.19. The van der Waals surface area contributed by atoms with Gasteiger partial charge in [-0.25, -0.2) is 4.98 Å². The van der Waals surface area contributed by atoms with Gasteiger partial charge in [-0.2, -0.15) is 0 Å². The van der Waals surface area contributed by atoms with Crippen molar-refractivity contribution in [2.75, 3.05) is 7.05 Å². The Morgan fingerprint density at radius 2 is 2.27 bits per heavy atom. The van der Waals surface area contributed by atoms with Crippen molar-refractivity contribution in [2.45, 2.75) is 0 Å². The Kier molecular flexibility index (Phi) is 3.18. The number of nitrogens with one attached hydrogen (secondary N) is 1. The molecule has 0 bridgehead atoms. The lowest BCUT2D eigenvalue weighted by Crippen LogP contribution is -2.17. The molecule has 2 aromatic heterocycles. The summed E-state index contributed by atoms with van der Waals surface area (Å²) >= 11 is 6.47.